The quantitative estimate of drug-likeness (QED) is 0.701. The van der Waals surface area contributed by atoms with Crippen molar-refractivity contribution < 1.29 is 28.9 Å². The molecule has 26 heavy (non-hydrogen) atoms. The van der Waals surface area contributed by atoms with Gasteiger partial charge >= 0.3 is 11.9 Å². The van der Waals surface area contributed by atoms with Crippen molar-refractivity contribution in [3.8, 4) is 5.75 Å². The summed E-state index contributed by atoms with van der Waals surface area (Å²) in [5.74, 6) is -2.31. The number of carbonyl (C=O) groups is 2. The van der Waals surface area contributed by atoms with Crippen molar-refractivity contribution >= 4 is 22.8 Å². The lowest BCUT2D eigenvalue weighted by atomic mass is 10.1. The van der Waals surface area contributed by atoms with E-state index in [0.717, 1.165) is 38.0 Å². The predicted octanol–water partition coefficient (Wildman–Crippen LogP) is 1.57. The maximum atomic E-state index is 13.8. The zero-order valence-electron chi connectivity index (χ0n) is 14.0. The second kappa shape index (κ2) is 7.57. The van der Waals surface area contributed by atoms with Crippen molar-refractivity contribution in [2.24, 2.45) is 0 Å². The number of hydrogen-bond donors (Lipinski definition) is 3. The molecule has 0 bridgehead atoms. The van der Waals surface area contributed by atoms with Gasteiger partial charge in [-0.25, -0.2) is 14.0 Å². The van der Waals surface area contributed by atoms with E-state index in [9.17, 15) is 14.0 Å². The number of rotatable bonds is 2. The average molecular weight is 362 g/mol. The van der Waals surface area contributed by atoms with E-state index in [1.165, 1.54) is 22.7 Å². The SMILES string of the molecule is Fc1ccc2c3c(n4c2c1OCC4)CCNCC3.O=C(O)/C=C\C(=O)O. The summed E-state index contributed by atoms with van der Waals surface area (Å²) in [6, 6.07) is 3.44. The highest BCUT2D eigenvalue weighted by Crippen LogP contribution is 2.37. The van der Waals surface area contributed by atoms with Crippen LogP contribution >= 0.6 is 0 Å². The van der Waals surface area contributed by atoms with E-state index < -0.39 is 11.9 Å². The van der Waals surface area contributed by atoms with Gasteiger partial charge in [0.2, 0.25) is 0 Å². The molecule has 0 atom stereocenters. The second-order valence-electron chi connectivity index (χ2n) is 5.96. The van der Waals surface area contributed by atoms with Gasteiger partial charge in [0, 0.05) is 36.2 Å². The van der Waals surface area contributed by atoms with Crippen LogP contribution in [0.5, 0.6) is 5.75 Å². The van der Waals surface area contributed by atoms with Crippen molar-refractivity contribution in [2.75, 3.05) is 19.7 Å². The zero-order valence-corrected chi connectivity index (χ0v) is 14.0. The third-order valence-electron chi connectivity index (χ3n) is 4.37. The summed E-state index contributed by atoms with van der Waals surface area (Å²) in [5.41, 5.74) is 3.71. The minimum atomic E-state index is -1.26. The maximum Gasteiger partial charge on any atom is 0.328 e. The van der Waals surface area contributed by atoms with Gasteiger partial charge in [-0.05, 0) is 30.7 Å². The van der Waals surface area contributed by atoms with Crippen molar-refractivity contribution in [1.29, 1.82) is 0 Å². The number of halogens is 1. The average Bonchev–Trinajstić information content (AvgIpc) is 2.77. The van der Waals surface area contributed by atoms with E-state index in [-0.39, 0.29) is 5.82 Å². The number of carboxylic acids is 2. The molecule has 0 aliphatic carbocycles. The Morgan fingerprint density at radius 2 is 1.85 bits per heavy atom. The molecule has 0 saturated carbocycles. The smallest absolute Gasteiger partial charge is 0.328 e. The van der Waals surface area contributed by atoms with Crippen LogP contribution in [0.25, 0.3) is 10.9 Å². The van der Waals surface area contributed by atoms with Crippen molar-refractivity contribution in [3.63, 3.8) is 0 Å². The molecule has 0 amide bonds. The molecule has 2 aliphatic rings. The number of nitrogens with one attached hydrogen (secondary N) is 1. The molecule has 0 saturated heterocycles. The first-order chi connectivity index (χ1) is 12.5. The van der Waals surface area contributed by atoms with Gasteiger partial charge in [-0.1, -0.05) is 0 Å². The first kappa shape index (κ1) is 17.9. The fraction of sp³-hybridized carbons (Fsp3) is 0.333. The van der Waals surface area contributed by atoms with Gasteiger partial charge in [0.1, 0.15) is 6.61 Å². The van der Waals surface area contributed by atoms with Gasteiger partial charge in [-0.2, -0.15) is 0 Å². The number of hydrogen-bond acceptors (Lipinski definition) is 4. The highest BCUT2D eigenvalue weighted by Gasteiger charge is 2.25. The fourth-order valence-electron chi connectivity index (χ4n) is 3.39. The Morgan fingerprint density at radius 1 is 1.15 bits per heavy atom. The van der Waals surface area contributed by atoms with E-state index in [1.807, 2.05) is 6.07 Å². The topological polar surface area (TPSA) is 101 Å². The Balaban J connectivity index is 0.000000211. The van der Waals surface area contributed by atoms with Crippen molar-refractivity contribution in [3.05, 3.63) is 41.4 Å². The second-order valence-corrected chi connectivity index (χ2v) is 5.96. The van der Waals surface area contributed by atoms with E-state index in [0.29, 0.717) is 24.5 Å². The largest absolute Gasteiger partial charge is 0.486 e. The van der Waals surface area contributed by atoms with Gasteiger partial charge in [0.15, 0.2) is 11.6 Å². The number of aromatic nitrogens is 1. The van der Waals surface area contributed by atoms with E-state index in [4.69, 9.17) is 14.9 Å². The van der Waals surface area contributed by atoms with Crippen LogP contribution in [0.3, 0.4) is 0 Å². The molecular formula is C18H19FN2O5. The van der Waals surface area contributed by atoms with Crippen LogP contribution in [0.4, 0.5) is 4.39 Å². The summed E-state index contributed by atoms with van der Waals surface area (Å²) in [4.78, 5) is 19.1. The molecule has 3 N–H and O–H groups in total. The molecule has 0 radical (unpaired) electrons. The molecular weight excluding hydrogens is 343 g/mol. The van der Waals surface area contributed by atoms with E-state index >= 15 is 0 Å². The maximum absolute atomic E-state index is 13.8. The van der Waals surface area contributed by atoms with Gasteiger partial charge in [0.25, 0.3) is 0 Å². The van der Waals surface area contributed by atoms with Crippen LogP contribution in [0, 0.1) is 5.82 Å². The number of aliphatic carboxylic acids is 2. The molecule has 7 nitrogen and oxygen atoms in total. The lowest BCUT2D eigenvalue weighted by Gasteiger charge is -2.19. The first-order valence-corrected chi connectivity index (χ1v) is 8.29. The van der Waals surface area contributed by atoms with Crippen LogP contribution in [-0.4, -0.2) is 46.4 Å². The molecule has 0 fully saturated rings. The first-order valence-electron chi connectivity index (χ1n) is 8.29. The lowest BCUT2D eigenvalue weighted by molar-refractivity contribution is -0.134. The Kier molecular flexibility index (Phi) is 5.22. The summed E-state index contributed by atoms with van der Waals surface area (Å²) in [6.45, 7) is 3.40. The van der Waals surface area contributed by atoms with E-state index in [2.05, 4.69) is 9.88 Å². The number of fused-ring (bicyclic) bond motifs is 3. The molecule has 138 valence electrons. The van der Waals surface area contributed by atoms with Gasteiger partial charge in [-0.3, -0.25) is 0 Å². The Hall–Kier alpha value is -2.87. The minimum Gasteiger partial charge on any atom is -0.486 e. The molecule has 0 unspecified atom stereocenters. The molecule has 3 heterocycles. The fourth-order valence-corrected chi connectivity index (χ4v) is 3.39. The zero-order chi connectivity index (χ0) is 18.7. The lowest BCUT2D eigenvalue weighted by Crippen LogP contribution is -2.20. The molecule has 4 rings (SSSR count). The molecule has 1 aromatic carbocycles. The molecule has 8 heteroatoms. The standard InChI is InChI=1S/C14H15FN2O.C4H4O4/c15-11-2-1-10-9-3-5-16-6-4-12(9)17-7-8-18-14(11)13(10)17;5-3(6)1-2-4(7)8/h1-2,16H,3-8H2;1-2H,(H,5,6)(H,7,8)/b;2-1-. The Morgan fingerprint density at radius 3 is 2.54 bits per heavy atom. The van der Waals surface area contributed by atoms with E-state index in [1.54, 1.807) is 0 Å². The summed E-state index contributed by atoms with van der Waals surface area (Å²) < 4.78 is 21.6. The molecule has 2 aromatic rings. The van der Waals surface area contributed by atoms with Gasteiger partial charge < -0.3 is 24.8 Å². The van der Waals surface area contributed by atoms with Gasteiger partial charge in [-0.15, -0.1) is 0 Å². The monoisotopic (exact) mass is 362 g/mol. The summed E-state index contributed by atoms with van der Waals surface area (Å²) >= 11 is 0. The molecule has 0 spiro atoms. The summed E-state index contributed by atoms with van der Waals surface area (Å²) in [7, 11) is 0. The summed E-state index contributed by atoms with van der Waals surface area (Å²) in [5, 5.41) is 20.2. The summed E-state index contributed by atoms with van der Waals surface area (Å²) in [6.07, 6.45) is 3.15. The Labute approximate surface area is 148 Å². The van der Waals surface area contributed by atoms with Crippen LogP contribution < -0.4 is 10.1 Å². The number of carboxylic acid groups (broad SMARTS) is 2. The van der Waals surface area contributed by atoms with Gasteiger partial charge in [0.05, 0.1) is 12.1 Å². The number of ether oxygens (including phenoxy) is 1. The Bertz CT molecular complexity index is 872. The predicted molar refractivity (Wildman–Crippen MR) is 92.1 cm³/mol. The third kappa shape index (κ3) is 3.55. The number of nitrogens with zero attached hydrogens (tertiary/aromatic N) is 1. The van der Waals surface area contributed by atoms with Crippen LogP contribution in [0.2, 0.25) is 0 Å². The molecule has 2 aliphatic heterocycles. The third-order valence-corrected chi connectivity index (χ3v) is 4.37. The van der Waals surface area contributed by atoms with Crippen molar-refractivity contribution in [1.82, 2.24) is 9.88 Å². The van der Waals surface area contributed by atoms with Crippen LogP contribution in [0.15, 0.2) is 24.3 Å². The highest BCUT2D eigenvalue weighted by molar-refractivity contribution is 5.91. The normalized spacial score (nSPS) is 15.6. The number of benzene rings is 1. The highest BCUT2D eigenvalue weighted by atomic mass is 19.1. The van der Waals surface area contributed by atoms with Crippen LogP contribution in [-0.2, 0) is 29.0 Å². The molecule has 1 aromatic heterocycles. The van der Waals surface area contributed by atoms with Crippen molar-refractivity contribution in [2.45, 2.75) is 19.4 Å². The van der Waals surface area contributed by atoms with Crippen LogP contribution in [0.1, 0.15) is 11.3 Å². The minimum absolute atomic E-state index is 0.241.